The lowest BCUT2D eigenvalue weighted by Gasteiger charge is -2.07. The summed E-state index contributed by atoms with van der Waals surface area (Å²) < 4.78 is 0. The zero-order chi connectivity index (χ0) is 14.4. The summed E-state index contributed by atoms with van der Waals surface area (Å²) in [5, 5.41) is 15.4. The highest BCUT2D eigenvalue weighted by molar-refractivity contribution is 6.00. The first-order valence-corrected chi connectivity index (χ1v) is 5.28. The minimum atomic E-state index is -0.705. The number of carbonyl (C=O) groups is 2. The minimum absolute atomic E-state index is 0.00766. The molecule has 1 rings (SSSR count). The number of nitrogens with one attached hydrogen (secondary N) is 2. The van der Waals surface area contributed by atoms with Gasteiger partial charge in [-0.15, -0.1) is 0 Å². The molecule has 0 saturated heterocycles. The van der Waals surface area contributed by atoms with Crippen LogP contribution in [0.4, 0.5) is 16.2 Å². The molecule has 9 heteroatoms. The largest absolute Gasteiger partial charge is 0.393 e. The first kappa shape index (κ1) is 14.2. The van der Waals surface area contributed by atoms with Gasteiger partial charge >= 0.3 is 6.03 Å². The monoisotopic (exact) mass is 267 g/mol. The van der Waals surface area contributed by atoms with E-state index in [1.54, 1.807) is 0 Å². The third-order valence-corrected chi connectivity index (χ3v) is 2.23. The number of nitrogens with zero attached hydrogens (tertiary/aromatic N) is 1. The number of nitro benzene ring substituents is 1. The number of nitrogens with two attached hydrogens (primary N) is 2. The minimum Gasteiger partial charge on any atom is -0.393 e. The van der Waals surface area contributed by atoms with Gasteiger partial charge in [0.05, 0.1) is 10.5 Å². The topological polar surface area (TPSA) is 153 Å². The summed E-state index contributed by atoms with van der Waals surface area (Å²) in [7, 11) is 0. The number of para-hydroxylation sites is 1. The van der Waals surface area contributed by atoms with Crippen molar-refractivity contribution < 1.29 is 14.5 Å². The van der Waals surface area contributed by atoms with Gasteiger partial charge in [0, 0.05) is 19.2 Å². The normalized spacial score (nSPS) is 9.68. The fourth-order valence-corrected chi connectivity index (χ4v) is 1.37. The average Bonchev–Trinajstić information content (AvgIpc) is 2.34. The number of amides is 3. The summed E-state index contributed by atoms with van der Waals surface area (Å²) in [6, 6.07) is 3.24. The number of benzene rings is 1. The molecular formula is C10H13N5O4. The number of hydrogen-bond donors (Lipinski definition) is 4. The van der Waals surface area contributed by atoms with Gasteiger partial charge in [0.2, 0.25) is 0 Å². The lowest BCUT2D eigenvalue weighted by atomic mass is 10.1. The Kier molecular flexibility index (Phi) is 4.63. The van der Waals surface area contributed by atoms with E-state index >= 15 is 0 Å². The zero-order valence-electron chi connectivity index (χ0n) is 9.88. The van der Waals surface area contributed by atoms with Crippen molar-refractivity contribution in [3.8, 4) is 0 Å². The van der Waals surface area contributed by atoms with Gasteiger partial charge in [-0.1, -0.05) is 6.07 Å². The van der Waals surface area contributed by atoms with Crippen molar-refractivity contribution in [1.82, 2.24) is 10.6 Å². The molecule has 0 fully saturated rings. The van der Waals surface area contributed by atoms with E-state index in [2.05, 4.69) is 10.6 Å². The van der Waals surface area contributed by atoms with Crippen LogP contribution >= 0.6 is 0 Å². The summed E-state index contributed by atoms with van der Waals surface area (Å²) in [5.74, 6) is -0.563. The van der Waals surface area contributed by atoms with Crippen LogP contribution in [0, 0.1) is 10.1 Å². The molecule has 1 aromatic carbocycles. The van der Waals surface area contributed by atoms with E-state index in [0.717, 1.165) is 0 Å². The Bertz CT molecular complexity index is 517. The highest BCUT2D eigenvalue weighted by atomic mass is 16.6. The lowest BCUT2D eigenvalue weighted by Crippen LogP contribution is -2.37. The smallest absolute Gasteiger partial charge is 0.312 e. The van der Waals surface area contributed by atoms with Crippen molar-refractivity contribution in [2.24, 2.45) is 5.73 Å². The van der Waals surface area contributed by atoms with Gasteiger partial charge in [-0.25, -0.2) is 4.79 Å². The quantitative estimate of drug-likeness (QED) is 0.247. The van der Waals surface area contributed by atoms with Crippen LogP contribution in [0.1, 0.15) is 10.4 Å². The van der Waals surface area contributed by atoms with E-state index in [-0.39, 0.29) is 30.0 Å². The SMILES string of the molecule is NC(=O)NCCNC(=O)c1cccc([N+](=O)[O-])c1N. The van der Waals surface area contributed by atoms with Gasteiger partial charge in [0.1, 0.15) is 5.69 Å². The Labute approximate surface area is 108 Å². The van der Waals surface area contributed by atoms with Crippen molar-refractivity contribution in [2.45, 2.75) is 0 Å². The summed E-state index contributed by atoms with van der Waals surface area (Å²) in [6.07, 6.45) is 0. The number of rotatable bonds is 5. The summed E-state index contributed by atoms with van der Waals surface area (Å²) in [4.78, 5) is 32.1. The molecule has 0 aliphatic rings. The highest BCUT2D eigenvalue weighted by Gasteiger charge is 2.18. The van der Waals surface area contributed by atoms with Gasteiger partial charge in [0.15, 0.2) is 0 Å². The van der Waals surface area contributed by atoms with E-state index in [1.165, 1.54) is 18.2 Å². The first-order chi connectivity index (χ1) is 8.93. The van der Waals surface area contributed by atoms with Crippen LogP contribution in [-0.2, 0) is 0 Å². The maximum absolute atomic E-state index is 11.7. The molecule has 9 nitrogen and oxygen atoms in total. The van der Waals surface area contributed by atoms with Crippen LogP contribution in [0.3, 0.4) is 0 Å². The molecule has 0 aliphatic carbocycles. The Morgan fingerprint density at radius 1 is 1.26 bits per heavy atom. The molecule has 3 amide bonds. The summed E-state index contributed by atoms with van der Waals surface area (Å²) in [5.41, 5.74) is 9.86. The predicted octanol–water partition coefficient (Wildman–Crippen LogP) is -0.425. The fourth-order valence-electron chi connectivity index (χ4n) is 1.37. The number of urea groups is 1. The molecule has 0 bridgehead atoms. The zero-order valence-corrected chi connectivity index (χ0v) is 9.88. The van der Waals surface area contributed by atoms with Crippen molar-refractivity contribution in [2.75, 3.05) is 18.8 Å². The molecule has 0 heterocycles. The maximum atomic E-state index is 11.7. The molecule has 0 unspecified atom stereocenters. The number of carbonyl (C=O) groups excluding carboxylic acids is 2. The van der Waals surface area contributed by atoms with Gasteiger partial charge in [0.25, 0.3) is 11.6 Å². The van der Waals surface area contributed by atoms with Crippen molar-refractivity contribution in [3.05, 3.63) is 33.9 Å². The van der Waals surface area contributed by atoms with Crippen LogP contribution in [0.15, 0.2) is 18.2 Å². The van der Waals surface area contributed by atoms with Crippen LogP contribution < -0.4 is 22.1 Å². The van der Waals surface area contributed by atoms with E-state index < -0.39 is 16.9 Å². The number of nitro groups is 1. The van der Waals surface area contributed by atoms with Crippen molar-refractivity contribution >= 4 is 23.3 Å². The van der Waals surface area contributed by atoms with Crippen molar-refractivity contribution in [1.29, 1.82) is 0 Å². The van der Waals surface area contributed by atoms with Gasteiger partial charge in [-0.05, 0) is 6.07 Å². The molecule has 1 aromatic rings. The molecule has 0 atom stereocenters. The molecular weight excluding hydrogens is 254 g/mol. The van der Waals surface area contributed by atoms with E-state index in [9.17, 15) is 19.7 Å². The van der Waals surface area contributed by atoms with Crippen LogP contribution in [0.25, 0.3) is 0 Å². The fraction of sp³-hybridized carbons (Fsp3) is 0.200. The molecule has 0 aromatic heterocycles. The van der Waals surface area contributed by atoms with Crippen LogP contribution in [0.2, 0.25) is 0 Å². The number of primary amides is 1. The van der Waals surface area contributed by atoms with Crippen LogP contribution in [-0.4, -0.2) is 30.0 Å². The number of anilines is 1. The average molecular weight is 267 g/mol. The first-order valence-electron chi connectivity index (χ1n) is 5.28. The third kappa shape index (κ3) is 3.84. The molecule has 0 radical (unpaired) electrons. The van der Waals surface area contributed by atoms with E-state index in [4.69, 9.17) is 11.5 Å². The molecule has 19 heavy (non-hydrogen) atoms. The second-order valence-electron chi connectivity index (χ2n) is 3.54. The van der Waals surface area contributed by atoms with Gasteiger partial charge in [-0.3, -0.25) is 14.9 Å². The molecule has 0 aliphatic heterocycles. The highest BCUT2D eigenvalue weighted by Crippen LogP contribution is 2.24. The second-order valence-corrected chi connectivity index (χ2v) is 3.54. The Morgan fingerprint density at radius 2 is 1.89 bits per heavy atom. The number of hydrogen-bond acceptors (Lipinski definition) is 5. The Hall–Kier alpha value is -2.84. The Morgan fingerprint density at radius 3 is 2.47 bits per heavy atom. The number of nitrogen functional groups attached to an aromatic ring is 1. The molecule has 0 spiro atoms. The maximum Gasteiger partial charge on any atom is 0.312 e. The standard InChI is InChI=1S/C10H13N5O4/c11-8-6(2-1-3-7(8)15(18)19)9(16)13-4-5-14-10(12)17/h1-3H,4-5,11H2,(H,13,16)(H3,12,14,17). The second kappa shape index (κ2) is 6.19. The molecule has 102 valence electrons. The van der Waals surface area contributed by atoms with Crippen LogP contribution in [0.5, 0.6) is 0 Å². The third-order valence-electron chi connectivity index (χ3n) is 2.23. The predicted molar refractivity (Wildman–Crippen MR) is 67.4 cm³/mol. The van der Waals surface area contributed by atoms with Gasteiger partial charge in [-0.2, -0.15) is 0 Å². The van der Waals surface area contributed by atoms with E-state index in [1.807, 2.05) is 0 Å². The van der Waals surface area contributed by atoms with Crippen molar-refractivity contribution in [3.63, 3.8) is 0 Å². The Balaban J connectivity index is 2.70. The lowest BCUT2D eigenvalue weighted by molar-refractivity contribution is -0.383. The van der Waals surface area contributed by atoms with Gasteiger partial charge < -0.3 is 22.1 Å². The molecule has 6 N–H and O–H groups in total. The van der Waals surface area contributed by atoms with E-state index in [0.29, 0.717) is 0 Å². The summed E-state index contributed by atoms with van der Waals surface area (Å²) in [6.45, 7) is 0.278. The summed E-state index contributed by atoms with van der Waals surface area (Å²) >= 11 is 0. The molecule has 0 saturated carbocycles.